The van der Waals surface area contributed by atoms with Crippen molar-refractivity contribution in [3.05, 3.63) is 273 Å². The predicted octanol–water partition coefficient (Wildman–Crippen LogP) is 14.0. The average molecular weight is 908 g/mol. The molecule has 4 heteroatoms. The van der Waals surface area contributed by atoms with E-state index in [1.54, 1.807) is 0 Å². The van der Waals surface area contributed by atoms with Gasteiger partial charge in [-0.1, -0.05) is 224 Å². The Balaban J connectivity index is 1.16. The third-order valence-corrected chi connectivity index (χ3v) is 19.6. The molecule has 0 saturated heterocycles. The Labute approximate surface area is 407 Å². The van der Waals surface area contributed by atoms with Crippen LogP contribution in [0.5, 0.6) is 0 Å². The molecule has 3 heterocycles. The van der Waals surface area contributed by atoms with Gasteiger partial charge in [0, 0.05) is 38.0 Å². The summed E-state index contributed by atoms with van der Waals surface area (Å²) >= 11 is 0. The van der Waals surface area contributed by atoms with E-state index < -0.39 is 8.07 Å². The smallest absolute Gasteiger partial charge is 0.181 e. The van der Waals surface area contributed by atoms with Crippen molar-refractivity contribution in [2.24, 2.45) is 0 Å². The first kappa shape index (κ1) is 40.1. The lowest BCUT2D eigenvalue weighted by molar-refractivity contribution is 1.13. The maximum Gasteiger partial charge on any atom is 0.181 e. The lowest BCUT2D eigenvalue weighted by Gasteiger charge is -2.35. The van der Waals surface area contributed by atoms with E-state index in [2.05, 4.69) is 287 Å². The van der Waals surface area contributed by atoms with Gasteiger partial charge in [0.1, 0.15) is 0 Å². The van der Waals surface area contributed by atoms with Crippen LogP contribution in [0.1, 0.15) is 0 Å². The van der Waals surface area contributed by atoms with Crippen molar-refractivity contribution in [1.82, 2.24) is 13.7 Å². The highest BCUT2D eigenvalue weighted by Gasteiger charge is 2.43. The minimum Gasteiger partial charge on any atom is -0.309 e. The van der Waals surface area contributed by atoms with E-state index in [0.29, 0.717) is 0 Å². The molecule has 0 radical (unpaired) electrons. The minimum atomic E-state index is -3.03. The molecule has 0 unspecified atom stereocenters. The lowest BCUT2D eigenvalue weighted by atomic mass is 10.1. The zero-order valence-corrected chi connectivity index (χ0v) is 39.3. The molecule has 70 heavy (non-hydrogen) atoms. The summed E-state index contributed by atoms with van der Waals surface area (Å²) in [5.74, 6) is 0. The van der Waals surface area contributed by atoms with Crippen LogP contribution in [0.4, 0.5) is 0 Å². The van der Waals surface area contributed by atoms with E-state index in [1.165, 1.54) is 86.3 Å². The Bertz CT molecular complexity index is 4130. The molecule has 0 aliphatic heterocycles. The number of aromatic nitrogens is 3. The molecule has 14 aromatic rings. The van der Waals surface area contributed by atoms with Crippen molar-refractivity contribution in [3.63, 3.8) is 0 Å². The molecule has 328 valence electrons. The van der Waals surface area contributed by atoms with Crippen LogP contribution in [0.3, 0.4) is 0 Å². The van der Waals surface area contributed by atoms with Gasteiger partial charge in [-0.3, -0.25) is 0 Å². The quantitative estimate of drug-likeness (QED) is 0.107. The van der Waals surface area contributed by atoms with Crippen molar-refractivity contribution < 1.29 is 0 Å². The summed E-state index contributed by atoms with van der Waals surface area (Å²) in [4.78, 5) is 0. The third kappa shape index (κ3) is 5.87. The van der Waals surface area contributed by atoms with Crippen LogP contribution >= 0.6 is 0 Å². The number of benzene rings is 11. The number of fused-ring (bicyclic) bond motifs is 9. The summed E-state index contributed by atoms with van der Waals surface area (Å²) in [6, 6.07) is 101. The standard InChI is InChI=1S/C66H45N3Si/c1-5-23-46(24-6-1)47-25-19-26-48(45-47)67-60-41-22-42-61(64(60)56-37-20-43-62(65(56)67)68-57-38-16-13-33-52(57)53-34-14-17-39-58(53)68)69-59-40-18-15-35-54(59)55-36-21-44-63(66(55)69)70(49-27-7-2-8-28-49,50-29-9-3-10-30-50)51-31-11-4-12-32-51/h1-45H. The molecule has 14 rings (SSSR count). The highest BCUT2D eigenvalue weighted by Crippen LogP contribution is 2.44. The van der Waals surface area contributed by atoms with Crippen molar-refractivity contribution in [2.45, 2.75) is 0 Å². The number of para-hydroxylation sites is 5. The van der Waals surface area contributed by atoms with Gasteiger partial charge < -0.3 is 13.7 Å². The Morgan fingerprint density at radius 1 is 0.257 bits per heavy atom. The minimum absolute atomic E-state index is 1.11. The number of hydrogen-bond acceptors (Lipinski definition) is 0. The molecule has 0 N–H and O–H groups in total. The van der Waals surface area contributed by atoms with E-state index in [4.69, 9.17) is 0 Å². The summed E-state index contributed by atoms with van der Waals surface area (Å²) in [7, 11) is -3.03. The van der Waals surface area contributed by atoms with Crippen LogP contribution in [0.15, 0.2) is 273 Å². The molecule has 11 aromatic carbocycles. The molecule has 0 amide bonds. The van der Waals surface area contributed by atoms with Gasteiger partial charge in [0.15, 0.2) is 8.07 Å². The maximum absolute atomic E-state index is 3.03. The zero-order chi connectivity index (χ0) is 46.2. The summed E-state index contributed by atoms with van der Waals surface area (Å²) in [5, 5.41) is 12.8. The van der Waals surface area contributed by atoms with Gasteiger partial charge >= 0.3 is 0 Å². The molecule has 3 aromatic heterocycles. The first-order valence-corrected chi connectivity index (χ1v) is 26.2. The fourth-order valence-corrected chi connectivity index (χ4v) is 16.9. The first-order chi connectivity index (χ1) is 34.8. The molecule has 0 spiro atoms. The Kier molecular flexibility index (Phi) is 9.23. The molecular formula is C66H45N3Si. The highest BCUT2D eigenvalue weighted by molar-refractivity contribution is 7.20. The van der Waals surface area contributed by atoms with Crippen LogP contribution in [0.2, 0.25) is 0 Å². The van der Waals surface area contributed by atoms with Gasteiger partial charge in [0.05, 0.1) is 44.5 Å². The fraction of sp³-hybridized carbons (Fsp3) is 0. The monoisotopic (exact) mass is 907 g/mol. The molecule has 3 nitrogen and oxygen atoms in total. The van der Waals surface area contributed by atoms with E-state index in [0.717, 1.165) is 28.1 Å². The highest BCUT2D eigenvalue weighted by atomic mass is 28.3. The molecule has 0 aliphatic carbocycles. The van der Waals surface area contributed by atoms with E-state index >= 15 is 0 Å². The van der Waals surface area contributed by atoms with Crippen molar-refractivity contribution in [1.29, 1.82) is 0 Å². The second-order valence-electron chi connectivity index (χ2n) is 18.4. The number of nitrogens with zero attached hydrogens (tertiary/aromatic N) is 3. The fourth-order valence-electron chi connectivity index (χ4n) is 12.0. The van der Waals surface area contributed by atoms with E-state index in [9.17, 15) is 0 Å². The third-order valence-electron chi connectivity index (χ3n) is 14.8. The van der Waals surface area contributed by atoms with Crippen molar-refractivity contribution >= 4 is 94.2 Å². The molecule has 0 bridgehead atoms. The van der Waals surface area contributed by atoms with Gasteiger partial charge in [0.2, 0.25) is 0 Å². The number of rotatable bonds is 8. The second-order valence-corrected chi connectivity index (χ2v) is 22.1. The van der Waals surface area contributed by atoms with Crippen molar-refractivity contribution in [2.75, 3.05) is 0 Å². The Hall–Kier alpha value is -8.96. The van der Waals surface area contributed by atoms with Crippen LogP contribution in [0.25, 0.3) is 93.6 Å². The van der Waals surface area contributed by atoms with Gasteiger partial charge in [-0.15, -0.1) is 0 Å². The van der Waals surface area contributed by atoms with Gasteiger partial charge in [-0.25, -0.2) is 0 Å². The lowest BCUT2D eigenvalue weighted by Crippen LogP contribution is -2.75. The summed E-state index contributed by atoms with van der Waals surface area (Å²) < 4.78 is 7.64. The van der Waals surface area contributed by atoms with Crippen LogP contribution in [-0.4, -0.2) is 21.8 Å². The number of hydrogen-bond donors (Lipinski definition) is 0. The van der Waals surface area contributed by atoms with E-state index in [1.807, 2.05) is 0 Å². The Morgan fingerprint density at radius 3 is 1.30 bits per heavy atom. The molecule has 0 fully saturated rings. The maximum atomic E-state index is 2.62. The van der Waals surface area contributed by atoms with Gasteiger partial charge in [-0.2, -0.15) is 0 Å². The van der Waals surface area contributed by atoms with Crippen LogP contribution in [0, 0.1) is 0 Å². The first-order valence-electron chi connectivity index (χ1n) is 24.2. The normalized spacial score (nSPS) is 12.0. The zero-order valence-electron chi connectivity index (χ0n) is 38.3. The van der Waals surface area contributed by atoms with Gasteiger partial charge in [-0.05, 0) is 80.4 Å². The largest absolute Gasteiger partial charge is 0.309 e. The van der Waals surface area contributed by atoms with E-state index in [-0.39, 0.29) is 0 Å². The van der Waals surface area contributed by atoms with Crippen molar-refractivity contribution in [3.8, 4) is 28.2 Å². The Morgan fingerprint density at radius 2 is 0.686 bits per heavy atom. The van der Waals surface area contributed by atoms with Crippen LogP contribution in [-0.2, 0) is 0 Å². The van der Waals surface area contributed by atoms with Crippen LogP contribution < -0.4 is 20.7 Å². The summed E-state index contributed by atoms with van der Waals surface area (Å²) in [5.41, 5.74) is 12.8. The van der Waals surface area contributed by atoms with Gasteiger partial charge in [0.25, 0.3) is 0 Å². The molecular weight excluding hydrogens is 863 g/mol. The SMILES string of the molecule is c1ccc(-c2cccc(-n3c4cccc(-n5c6ccccc6c6cccc([Si](c7ccccc7)(c7ccccc7)c7ccccc7)c65)c4c4cccc(-n5c6ccccc6c6ccccc65)c43)c2)cc1. The molecule has 0 aliphatic rings. The molecule has 0 atom stereocenters. The summed E-state index contributed by atoms with van der Waals surface area (Å²) in [6.07, 6.45) is 0. The average Bonchev–Trinajstić information content (AvgIpc) is 4.09. The topological polar surface area (TPSA) is 14.8 Å². The predicted molar refractivity (Wildman–Crippen MR) is 299 cm³/mol. The summed E-state index contributed by atoms with van der Waals surface area (Å²) in [6.45, 7) is 0. The second kappa shape index (κ2) is 16.1. The molecule has 0 saturated carbocycles.